The summed E-state index contributed by atoms with van der Waals surface area (Å²) in [6.07, 6.45) is 8.63. The maximum Gasteiger partial charge on any atom is 0.133 e. The van der Waals surface area contributed by atoms with Crippen LogP contribution in [0.4, 0.5) is 0 Å². The number of hydrogen-bond donors (Lipinski definition) is 0. The molecule has 0 radical (unpaired) electrons. The van der Waals surface area contributed by atoms with Crippen molar-refractivity contribution in [2.45, 2.75) is 64.2 Å². The Balaban J connectivity index is 1.92. The molecule has 0 saturated carbocycles. The molecule has 1 aliphatic carbocycles. The van der Waals surface area contributed by atoms with Crippen molar-refractivity contribution in [3.05, 3.63) is 35.4 Å². The van der Waals surface area contributed by atoms with E-state index in [0.717, 1.165) is 19.3 Å². The Morgan fingerprint density at radius 1 is 1.28 bits per heavy atom. The summed E-state index contributed by atoms with van der Waals surface area (Å²) in [7, 11) is 0. The summed E-state index contributed by atoms with van der Waals surface area (Å²) in [6.45, 7) is 2.18. The van der Waals surface area contributed by atoms with E-state index >= 15 is 0 Å². The zero-order chi connectivity index (χ0) is 12.8. The SMILES string of the molecule is CCCCCC(=O)CC1CCCc2ccccc21. The number of benzene rings is 1. The van der Waals surface area contributed by atoms with Crippen LogP contribution in [0.1, 0.15) is 68.9 Å². The molecule has 1 atom stereocenters. The second-order valence-electron chi connectivity index (χ2n) is 5.49. The lowest BCUT2D eigenvalue weighted by atomic mass is 9.80. The molecule has 98 valence electrons. The van der Waals surface area contributed by atoms with Crippen LogP contribution >= 0.6 is 0 Å². The third-order valence-corrected chi connectivity index (χ3v) is 4.03. The number of hydrogen-bond acceptors (Lipinski definition) is 1. The predicted molar refractivity (Wildman–Crippen MR) is 75.9 cm³/mol. The van der Waals surface area contributed by atoms with Gasteiger partial charge in [0.1, 0.15) is 5.78 Å². The van der Waals surface area contributed by atoms with Crippen LogP contribution in [0.3, 0.4) is 0 Å². The van der Waals surface area contributed by atoms with Crippen LogP contribution in [0.15, 0.2) is 24.3 Å². The van der Waals surface area contributed by atoms with E-state index in [0.29, 0.717) is 11.7 Å². The molecule has 1 aliphatic rings. The molecule has 0 heterocycles. The van der Waals surface area contributed by atoms with Gasteiger partial charge in [-0.05, 0) is 42.7 Å². The van der Waals surface area contributed by atoms with E-state index < -0.39 is 0 Å². The molecular formula is C17H24O. The largest absolute Gasteiger partial charge is 0.300 e. The van der Waals surface area contributed by atoms with Gasteiger partial charge in [-0.1, -0.05) is 44.0 Å². The zero-order valence-corrected chi connectivity index (χ0v) is 11.5. The molecule has 0 saturated heterocycles. The third kappa shape index (κ3) is 3.44. The number of fused-ring (bicyclic) bond motifs is 1. The van der Waals surface area contributed by atoms with E-state index in [1.807, 2.05) is 0 Å². The Labute approximate surface area is 111 Å². The lowest BCUT2D eigenvalue weighted by Gasteiger charge is -2.24. The molecular weight excluding hydrogens is 220 g/mol. The van der Waals surface area contributed by atoms with E-state index in [1.54, 1.807) is 0 Å². The maximum absolute atomic E-state index is 12.0. The fourth-order valence-corrected chi connectivity index (χ4v) is 3.02. The summed E-state index contributed by atoms with van der Waals surface area (Å²) in [6, 6.07) is 8.67. The van der Waals surface area contributed by atoms with Gasteiger partial charge in [0, 0.05) is 12.8 Å². The molecule has 0 spiro atoms. The molecule has 1 nitrogen and oxygen atoms in total. The highest BCUT2D eigenvalue weighted by Gasteiger charge is 2.21. The summed E-state index contributed by atoms with van der Waals surface area (Å²) < 4.78 is 0. The first-order chi connectivity index (χ1) is 8.81. The Kier molecular flexibility index (Phi) is 4.98. The van der Waals surface area contributed by atoms with E-state index in [1.165, 1.54) is 43.2 Å². The van der Waals surface area contributed by atoms with Gasteiger partial charge in [-0.2, -0.15) is 0 Å². The number of carbonyl (C=O) groups excluding carboxylic acids is 1. The van der Waals surface area contributed by atoms with Crippen molar-refractivity contribution >= 4 is 5.78 Å². The first-order valence-electron chi connectivity index (χ1n) is 7.40. The Bertz CT molecular complexity index is 394. The van der Waals surface area contributed by atoms with Crippen LogP contribution in [0.5, 0.6) is 0 Å². The zero-order valence-electron chi connectivity index (χ0n) is 11.5. The second kappa shape index (κ2) is 6.72. The van der Waals surface area contributed by atoms with Crippen molar-refractivity contribution < 1.29 is 4.79 Å². The molecule has 1 aromatic carbocycles. The van der Waals surface area contributed by atoms with Crippen molar-refractivity contribution in [2.24, 2.45) is 0 Å². The van der Waals surface area contributed by atoms with E-state index in [9.17, 15) is 4.79 Å². The van der Waals surface area contributed by atoms with Crippen LogP contribution in [0.25, 0.3) is 0 Å². The smallest absolute Gasteiger partial charge is 0.133 e. The van der Waals surface area contributed by atoms with Gasteiger partial charge >= 0.3 is 0 Å². The molecule has 0 N–H and O–H groups in total. The van der Waals surface area contributed by atoms with E-state index in [4.69, 9.17) is 0 Å². The molecule has 0 aromatic heterocycles. The highest BCUT2D eigenvalue weighted by atomic mass is 16.1. The number of unbranched alkanes of at least 4 members (excludes halogenated alkanes) is 2. The van der Waals surface area contributed by atoms with Gasteiger partial charge in [0.25, 0.3) is 0 Å². The number of Topliss-reactive ketones (excluding diaryl/α,β-unsaturated/α-hetero) is 1. The molecule has 2 rings (SSSR count). The number of rotatable bonds is 6. The van der Waals surface area contributed by atoms with Crippen LogP contribution in [0.2, 0.25) is 0 Å². The highest BCUT2D eigenvalue weighted by Crippen LogP contribution is 2.34. The number of ketones is 1. The summed E-state index contributed by atoms with van der Waals surface area (Å²) in [5.41, 5.74) is 2.91. The Morgan fingerprint density at radius 3 is 2.94 bits per heavy atom. The van der Waals surface area contributed by atoms with Gasteiger partial charge < -0.3 is 0 Å². The molecule has 0 bridgehead atoms. The summed E-state index contributed by atoms with van der Waals surface area (Å²) in [5.74, 6) is 0.953. The summed E-state index contributed by atoms with van der Waals surface area (Å²) in [5, 5.41) is 0. The van der Waals surface area contributed by atoms with Gasteiger partial charge in [-0.15, -0.1) is 0 Å². The van der Waals surface area contributed by atoms with Crippen molar-refractivity contribution in [1.29, 1.82) is 0 Å². The third-order valence-electron chi connectivity index (χ3n) is 4.03. The van der Waals surface area contributed by atoms with Gasteiger partial charge in [-0.25, -0.2) is 0 Å². The average molecular weight is 244 g/mol. The normalized spacial score (nSPS) is 18.4. The van der Waals surface area contributed by atoms with Crippen LogP contribution in [-0.4, -0.2) is 5.78 Å². The van der Waals surface area contributed by atoms with Crippen LogP contribution in [-0.2, 0) is 11.2 Å². The first kappa shape index (κ1) is 13.3. The van der Waals surface area contributed by atoms with Crippen LogP contribution < -0.4 is 0 Å². The minimum Gasteiger partial charge on any atom is -0.300 e. The Morgan fingerprint density at radius 2 is 2.11 bits per heavy atom. The maximum atomic E-state index is 12.0. The second-order valence-corrected chi connectivity index (χ2v) is 5.49. The quantitative estimate of drug-likeness (QED) is 0.666. The topological polar surface area (TPSA) is 17.1 Å². The fourth-order valence-electron chi connectivity index (χ4n) is 3.02. The lowest BCUT2D eigenvalue weighted by Crippen LogP contribution is -2.13. The molecule has 18 heavy (non-hydrogen) atoms. The summed E-state index contributed by atoms with van der Waals surface area (Å²) >= 11 is 0. The van der Waals surface area contributed by atoms with E-state index in [-0.39, 0.29) is 0 Å². The van der Waals surface area contributed by atoms with Gasteiger partial charge in [0.2, 0.25) is 0 Å². The van der Waals surface area contributed by atoms with Crippen molar-refractivity contribution in [1.82, 2.24) is 0 Å². The molecule has 1 aromatic rings. The number of carbonyl (C=O) groups is 1. The average Bonchev–Trinajstić information content (AvgIpc) is 2.39. The lowest BCUT2D eigenvalue weighted by molar-refractivity contribution is -0.119. The van der Waals surface area contributed by atoms with Gasteiger partial charge in [0.05, 0.1) is 0 Å². The molecule has 0 aliphatic heterocycles. The first-order valence-corrected chi connectivity index (χ1v) is 7.40. The minimum atomic E-state index is 0.463. The molecule has 0 fully saturated rings. The van der Waals surface area contributed by atoms with Crippen molar-refractivity contribution in [3.63, 3.8) is 0 Å². The monoisotopic (exact) mass is 244 g/mol. The van der Waals surface area contributed by atoms with Crippen LogP contribution in [0, 0.1) is 0 Å². The number of aryl methyl sites for hydroxylation is 1. The minimum absolute atomic E-state index is 0.463. The molecule has 1 unspecified atom stereocenters. The van der Waals surface area contributed by atoms with Crippen molar-refractivity contribution in [2.75, 3.05) is 0 Å². The highest BCUT2D eigenvalue weighted by molar-refractivity contribution is 5.79. The molecule has 0 amide bonds. The fraction of sp³-hybridized carbons (Fsp3) is 0.588. The standard InChI is InChI=1S/C17H24O/c1-2-3-4-11-16(18)13-15-10-7-9-14-8-5-6-12-17(14)15/h5-6,8,12,15H,2-4,7,9-11,13H2,1H3. The predicted octanol–water partition coefficient (Wildman–Crippen LogP) is 4.65. The van der Waals surface area contributed by atoms with Crippen molar-refractivity contribution in [3.8, 4) is 0 Å². The van der Waals surface area contributed by atoms with E-state index in [2.05, 4.69) is 31.2 Å². The van der Waals surface area contributed by atoms with Gasteiger partial charge in [0.15, 0.2) is 0 Å². The van der Waals surface area contributed by atoms with Gasteiger partial charge in [-0.3, -0.25) is 4.79 Å². The summed E-state index contributed by atoms with van der Waals surface area (Å²) in [4.78, 5) is 12.0. The Hall–Kier alpha value is -1.11. The molecule has 1 heteroatoms.